The summed E-state index contributed by atoms with van der Waals surface area (Å²) in [4.78, 5) is 10.9. The number of hydrogen-bond acceptors (Lipinski definition) is 2. The van der Waals surface area contributed by atoms with Crippen LogP contribution in [0.4, 0.5) is 4.39 Å². The Balaban J connectivity index is 2.59. The van der Waals surface area contributed by atoms with Crippen LogP contribution in [-0.2, 0) is 10.2 Å². The molecule has 1 aliphatic carbocycles. The molecule has 5 heteroatoms. The van der Waals surface area contributed by atoms with Crippen molar-refractivity contribution in [2.24, 2.45) is 0 Å². The highest BCUT2D eigenvalue weighted by Gasteiger charge is 2.50. The summed E-state index contributed by atoms with van der Waals surface area (Å²) in [5.41, 5.74) is 0.379. The van der Waals surface area contributed by atoms with Gasteiger partial charge in [-0.25, -0.2) is 4.39 Å². The minimum atomic E-state index is -0.938. The number of halogens is 2. The molecule has 18 heavy (non-hydrogen) atoms. The van der Waals surface area contributed by atoms with Gasteiger partial charge in [0.1, 0.15) is 11.6 Å². The fourth-order valence-electron chi connectivity index (χ4n) is 2.43. The van der Waals surface area contributed by atoms with E-state index in [1.807, 2.05) is 0 Å². The monoisotopic (exact) mass is 272 g/mol. The molecule has 2 rings (SSSR count). The molecule has 1 fully saturated rings. The lowest BCUT2D eigenvalue weighted by molar-refractivity contribution is -0.137. The maximum Gasteiger partial charge on any atom is 0.304 e. The number of hydrogen-bond donors (Lipinski definition) is 1. The minimum Gasteiger partial charge on any atom is -0.496 e. The third-order valence-electron chi connectivity index (χ3n) is 3.44. The highest BCUT2D eigenvalue weighted by molar-refractivity contribution is 6.31. The lowest BCUT2D eigenvalue weighted by atomic mass is 9.89. The van der Waals surface area contributed by atoms with E-state index in [1.54, 1.807) is 6.92 Å². The molecular formula is C13H14ClFO3. The molecule has 1 aromatic carbocycles. The summed E-state index contributed by atoms with van der Waals surface area (Å²) < 4.78 is 19.4. The van der Waals surface area contributed by atoms with Gasteiger partial charge in [-0.15, -0.1) is 0 Å². The summed E-state index contributed by atoms with van der Waals surface area (Å²) in [7, 11) is 1.45. The van der Waals surface area contributed by atoms with Gasteiger partial charge in [-0.3, -0.25) is 4.79 Å². The molecule has 0 amide bonds. The number of methoxy groups -OCH3 is 1. The van der Waals surface area contributed by atoms with Crippen LogP contribution in [0.1, 0.15) is 30.4 Å². The Bertz CT molecular complexity index is 509. The van der Waals surface area contributed by atoms with Gasteiger partial charge in [0.05, 0.1) is 18.6 Å². The fraction of sp³-hybridized carbons (Fsp3) is 0.462. The van der Waals surface area contributed by atoms with Crippen molar-refractivity contribution >= 4 is 17.6 Å². The standard InChI is InChI=1S/C13H14ClFO3/c1-7-5-8(14)11(15)10(12(7)18-2)13(3-4-13)6-9(16)17/h5H,3-4,6H2,1-2H3,(H,16,17). The lowest BCUT2D eigenvalue weighted by Gasteiger charge is -2.20. The molecule has 0 saturated heterocycles. The number of carboxylic acids is 1. The average Bonchev–Trinajstić information content (AvgIpc) is 3.02. The first-order valence-corrected chi connectivity index (χ1v) is 6.04. The molecule has 0 aromatic heterocycles. The maximum atomic E-state index is 14.2. The molecule has 98 valence electrons. The lowest BCUT2D eigenvalue weighted by Crippen LogP contribution is -2.17. The summed E-state index contributed by atoms with van der Waals surface area (Å²) >= 11 is 5.84. The Labute approximate surface area is 110 Å². The fourth-order valence-corrected chi connectivity index (χ4v) is 2.69. The topological polar surface area (TPSA) is 46.5 Å². The maximum absolute atomic E-state index is 14.2. The van der Waals surface area contributed by atoms with Crippen LogP contribution in [0.15, 0.2) is 6.07 Å². The Kier molecular flexibility index (Phi) is 3.23. The van der Waals surface area contributed by atoms with Crippen LogP contribution in [0, 0.1) is 12.7 Å². The molecule has 0 aliphatic heterocycles. The molecule has 0 unspecified atom stereocenters. The van der Waals surface area contributed by atoms with Crippen LogP contribution in [0.3, 0.4) is 0 Å². The van der Waals surface area contributed by atoms with Gasteiger partial charge in [-0.2, -0.15) is 0 Å². The second-order valence-corrected chi connectivity index (χ2v) is 5.16. The second-order valence-electron chi connectivity index (χ2n) is 4.75. The number of aryl methyl sites for hydroxylation is 1. The van der Waals surface area contributed by atoms with Crippen LogP contribution in [0.25, 0.3) is 0 Å². The molecule has 0 radical (unpaired) electrons. The third kappa shape index (κ3) is 2.05. The van der Waals surface area contributed by atoms with Crippen molar-refractivity contribution < 1.29 is 19.0 Å². The number of benzene rings is 1. The molecule has 0 heterocycles. The van der Waals surface area contributed by atoms with Crippen LogP contribution < -0.4 is 4.74 Å². The molecule has 1 saturated carbocycles. The molecular weight excluding hydrogens is 259 g/mol. The average molecular weight is 273 g/mol. The summed E-state index contributed by atoms with van der Waals surface area (Å²) in [6.45, 7) is 1.77. The van der Waals surface area contributed by atoms with Gasteiger partial charge in [0.25, 0.3) is 0 Å². The van der Waals surface area contributed by atoms with Crippen LogP contribution in [0.5, 0.6) is 5.75 Å². The zero-order valence-electron chi connectivity index (χ0n) is 10.2. The molecule has 1 aliphatic rings. The van der Waals surface area contributed by atoms with Crippen molar-refractivity contribution in [3.05, 3.63) is 28.0 Å². The predicted octanol–water partition coefficient (Wildman–Crippen LogP) is 3.30. The molecule has 3 nitrogen and oxygen atoms in total. The smallest absolute Gasteiger partial charge is 0.304 e. The van der Waals surface area contributed by atoms with Crippen molar-refractivity contribution in [1.82, 2.24) is 0 Å². The number of carbonyl (C=O) groups is 1. The van der Waals surface area contributed by atoms with Gasteiger partial charge >= 0.3 is 5.97 Å². The van der Waals surface area contributed by atoms with E-state index in [2.05, 4.69) is 0 Å². The van der Waals surface area contributed by atoms with E-state index in [-0.39, 0.29) is 11.4 Å². The van der Waals surface area contributed by atoms with Crippen molar-refractivity contribution in [2.45, 2.75) is 31.6 Å². The van der Waals surface area contributed by atoms with E-state index < -0.39 is 17.2 Å². The Morgan fingerprint density at radius 2 is 2.22 bits per heavy atom. The van der Waals surface area contributed by atoms with E-state index in [0.717, 1.165) is 5.56 Å². The van der Waals surface area contributed by atoms with Crippen molar-refractivity contribution in [1.29, 1.82) is 0 Å². The first-order valence-electron chi connectivity index (χ1n) is 5.66. The van der Waals surface area contributed by atoms with Crippen molar-refractivity contribution in [3.8, 4) is 5.75 Å². The summed E-state index contributed by atoms with van der Waals surface area (Å²) in [6.07, 6.45) is 1.19. The number of carboxylic acid groups (broad SMARTS) is 1. The largest absolute Gasteiger partial charge is 0.496 e. The van der Waals surface area contributed by atoms with Gasteiger partial charge in [0.15, 0.2) is 0 Å². The Morgan fingerprint density at radius 3 is 2.67 bits per heavy atom. The second kappa shape index (κ2) is 4.43. The predicted molar refractivity (Wildman–Crippen MR) is 65.9 cm³/mol. The van der Waals surface area contributed by atoms with Crippen LogP contribution in [-0.4, -0.2) is 18.2 Å². The zero-order chi connectivity index (χ0) is 13.5. The number of ether oxygens (including phenoxy) is 1. The van der Waals surface area contributed by atoms with E-state index >= 15 is 0 Å². The van der Waals surface area contributed by atoms with Gasteiger partial charge in [0, 0.05) is 11.0 Å². The number of rotatable bonds is 4. The highest BCUT2D eigenvalue weighted by Crippen LogP contribution is 2.56. The van der Waals surface area contributed by atoms with E-state index in [9.17, 15) is 9.18 Å². The van der Waals surface area contributed by atoms with Gasteiger partial charge in [0.2, 0.25) is 0 Å². The van der Waals surface area contributed by atoms with E-state index in [1.165, 1.54) is 13.2 Å². The quantitative estimate of drug-likeness (QED) is 0.915. The minimum absolute atomic E-state index is 0.0139. The summed E-state index contributed by atoms with van der Waals surface area (Å²) in [5.74, 6) is -1.08. The van der Waals surface area contributed by atoms with Crippen LogP contribution >= 0.6 is 11.6 Å². The normalized spacial score (nSPS) is 16.4. The Hall–Kier alpha value is -1.29. The first kappa shape index (κ1) is 13.1. The summed E-state index contributed by atoms with van der Waals surface area (Å²) in [6, 6.07) is 1.50. The van der Waals surface area contributed by atoms with E-state index in [4.69, 9.17) is 21.4 Å². The first-order chi connectivity index (χ1) is 8.41. The van der Waals surface area contributed by atoms with Crippen molar-refractivity contribution in [3.63, 3.8) is 0 Å². The molecule has 0 bridgehead atoms. The van der Waals surface area contributed by atoms with Gasteiger partial charge in [-0.1, -0.05) is 11.6 Å². The molecule has 0 atom stereocenters. The molecule has 1 aromatic rings. The summed E-state index contributed by atoms with van der Waals surface area (Å²) in [5, 5.41) is 8.96. The third-order valence-corrected chi connectivity index (χ3v) is 3.71. The molecule has 0 spiro atoms. The van der Waals surface area contributed by atoms with Crippen LogP contribution in [0.2, 0.25) is 5.02 Å². The zero-order valence-corrected chi connectivity index (χ0v) is 11.0. The van der Waals surface area contributed by atoms with Gasteiger partial charge in [-0.05, 0) is 31.4 Å². The Morgan fingerprint density at radius 1 is 1.61 bits per heavy atom. The number of aliphatic carboxylic acids is 1. The van der Waals surface area contributed by atoms with Gasteiger partial charge < -0.3 is 9.84 Å². The van der Waals surface area contributed by atoms with E-state index in [0.29, 0.717) is 24.2 Å². The van der Waals surface area contributed by atoms with Crippen molar-refractivity contribution in [2.75, 3.05) is 7.11 Å². The SMILES string of the molecule is COc1c(C)cc(Cl)c(F)c1C1(CC(=O)O)CC1. The highest BCUT2D eigenvalue weighted by atomic mass is 35.5. The molecule has 1 N–H and O–H groups in total.